The number of hydrogen-bond acceptors (Lipinski definition) is 6. The highest BCUT2D eigenvalue weighted by atomic mass is 32.2. The number of carbonyl (C=O) groups is 3. The molecule has 4 aromatic carbocycles. The van der Waals surface area contributed by atoms with Gasteiger partial charge < -0.3 is 20.1 Å². The lowest BCUT2D eigenvalue weighted by atomic mass is 10.1. The van der Waals surface area contributed by atoms with E-state index >= 15 is 0 Å². The molecule has 0 saturated carbocycles. The molecule has 0 unspecified atom stereocenters. The van der Waals surface area contributed by atoms with Crippen molar-refractivity contribution in [2.45, 2.75) is 4.90 Å². The smallest absolute Gasteiger partial charge is 0.272 e. The molecule has 4 rings (SSSR count). The summed E-state index contributed by atoms with van der Waals surface area (Å²) < 4.78 is 23.9. The molecule has 4 aromatic rings. The molecule has 7 nitrogen and oxygen atoms in total. The van der Waals surface area contributed by atoms with Crippen LogP contribution in [0.25, 0.3) is 6.08 Å². The van der Waals surface area contributed by atoms with E-state index in [9.17, 15) is 18.8 Å². The van der Waals surface area contributed by atoms with Gasteiger partial charge in [0.2, 0.25) is 0 Å². The zero-order valence-electron chi connectivity index (χ0n) is 22.3. The van der Waals surface area contributed by atoms with Crippen LogP contribution >= 0.6 is 11.8 Å². The molecule has 2 N–H and O–H groups in total. The average molecular weight is 571 g/mol. The van der Waals surface area contributed by atoms with E-state index in [1.807, 2.05) is 6.07 Å². The summed E-state index contributed by atoms with van der Waals surface area (Å²) in [7, 11) is 3.03. The number of nitrogens with one attached hydrogen (secondary N) is 2. The number of benzene rings is 4. The van der Waals surface area contributed by atoms with Gasteiger partial charge in [0.05, 0.1) is 20.0 Å². The molecule has 0 saturated heterocycles. The molecule has 0 spiro atoms. The van der Waals surface area contributed by atoms with Crippen molar-refractivity contribution < 1.29 is 28.2 Å². The summed E-state index contributed by atoms with van der Waals surface area (Å²) >= 11 is 1.29. The van der Waals surface area contributed by atoms with Gasteiger partial charge in [0, 0.05) is 27.3 Å². The van der Waals surface area contributed by atoms with Gasteiger partial charge in [0.15, 0.2) is 5.78 Å². The topological polar surface area (TPSA) is 93.7 Å². The fraction of sp³-hybridized carbons (Fsp3) is 0.0938. The molecule has 9 heteroatoms. The highest BCUT2D eigenvalue weighted by Crippen LogP contribution is 2.27. The predicted octanol–water partition coefficient (Wildman–Crippen LogP) is 6.23. The number of halogens is 1. The zero-order valence-corrected chi connectivity index (χ0v) is 23.2. The van der Waals surface area contributed by atoms with Crippen molar-refractivity contribution in [3.05, 3.63) is 125 Å². The molecule has 2 amide bonds. The van der Waals surface area contributed by atoms with Crippen LogP contribution in [0.5, 0.6) is 11.5 Å². The molecular weight excluding hydrogens is 543 g/mol. The number of hydrogen-bond donors (Lipinski definition) is 2. The van der Waals surface area contributed by atoms with Gasteiger partial charge in [-0.15, -0.1) is 11.8 Å². The molecular formula is C32H27FN2O5S. The Balaban J connectivity index is 1.55. The van der Waals surface area contributed by atoms with Crippen LogP contribution in [0.3, 0.4) is 0 Å². The molecule has 0 aliphatic heterocycles. The fourth-order valence-corrected chi connectivity index (χ4v) is 4.63. The van der Waals surface area contributed by atoms with Crippen LogP contribution in [0.2, 0.25) is 0 Å². The van der Waals surface area contributed by atoms with E-state index in [0.717, 1.165) is 4.90 Å². The van der Waals surface area contributed by atoms with E-state index in [2.05, 4.69) is 10.6 Å². The Hall–Kier alpha value is -4.89. The number of anilines is 1. The Morgan fingerprint density at radius 1 is 0.829 bits per heavy atom. The summed E-state index contributed by atoms with van der Waals surface area (Å²) in [5, 5.41) is 5.52. The molecule has 0 fully saturated rings. The van der Waals surface area contributed by atoms with Crippen molar-refractivity contribution in [1.29, 1.82) is 0 Å². The Morgan fingerprint density at radius 2 is 1.59 bits per heavy atom. The van der Waals surface area contributed by atoms with Gasteiger partial charge >= 0.3 is 0 Å². The van der Waals surface area contributed by atoms with Crippen molar-refractivity contribution >= 4 is 41.1 Å². The van der Waals surface area contributed by atoms with Crippen LogP contribution < -0.4 is 20.1 Å². The van der Waals surface area contributed by atoms with Gasteiger partial charge in [-0.2, -0.15) is 0 Å². The molecule has 0 radical (unpaired) electrons. The van der Waals surface area contributed by atoms with Crippen LogP contribution in [-0.2, 0) is 4.79 Å². The lowest BCUT2D eigenvalue weighted by Gasteiger charge is -2.13. The van der Waals surface area contributed by atoms with E-state index in [0.29, 0.717) is 33.9 Å². The van der Waals surface area contributed by atoms with Crippen molar-refractivity contribution in [3.63, 3.8) is 0 Å². The van der Waals surface area contributed by atoms with Gasteiger partial charge in [-0.3, -0.25) is 14.4 Å². The quantitative estimate of drug-likeness (QED) is 0.126. The Bertz CT molecular complexity index is 1570. The van der Waals surface area contributed by atoms with Crippen LogP contribution in [0.15, 0.2) is 108 Å². The maximum absolute atomic E-state index is 13.5. The van der Waals surface area contributed by atoms with Crippen molar-refractivity contribution in [1.82, 2.24) is 5.32 Å². The van der Waals surface area contributed by atoms with Gasteiger partial charge in [-0.05, 0) is 78.9 Å². The molecule has 0 aliphatic rings. The van der Waals surface area contributed by atoms with Crippen LogP contribution in [0, 0.1) is 5.82 Å². The molecule has 41 heavy (non-hydrogen) atoms. The second kappa shape index (κ2) is 14.0. The second-order valence-electron chi connectivity index (χ2n) is 8.69. The minimum Gasteiger partial charge on any atom is -0.497 e. The number of Topliss-reactive ketones (excluding diaryl/α,β-unsaturated/α-hetero) is 1. The number of ketones is 1. The molecule has 208 valence electrons. The minimum atomic E-state index is -0.566. The van der Waals surface area contributed by atoms with Crippen LogP contribution in [0.1, 0.15) is 26.3 Å². The first-order valence-corrected chi connectivity index (χ1v) is 13.5. The summed E-state index contributed by atoms with van der Waals surface area (Å²) in [6.45, 7) is 0. The van der Waals surface area contributed by atoms with Crippen molar-refractivity contribution in [3.8, 4) is 11.5 Å². The maximum atomic E-state index is 13.5. The normalized spacial score (nSPS) is 11.0. The molecule has 0 bridgehead atoms. The lowest BCUT2D eigenvalue weighted by Crippen LogP contribution is -2.30. The molecule has 0 aromatic heterocycles. The number of carbonyl (C=O) groups excluding carboxylic acids is 3. The van der Waals surface area contributed by atoms with Crippen molar-refractivity contribution in [2.75, 3.05) is 25.3 Å². The minimum absolute atomic E-state index is 0.0186. The standard InChI is InChI=1S/C32H27FN2O5S/c1-39-26-15-16-30(40-2)23(17-26)18-28(35-31(37)22-7-4-3-5-8-22)32(38)34-25-9-6-10-27(19-25)41-20-29(36)21-11-13-24(33)14-12-21/h3-19H,20H2,1-2H3,(H,34,38)(H,35,37)/b28-18-. The highest BCUT2D eigenvalue weighted by Gasteiger charge is 2.17. The third kappa shape index (κ3) is 8.06. The Kier molecular flexibility index (Phi) is 9.90. The third-order valence-electron chi connectivity index (χ3n) is 5.89. The van der Waals surface area contributed by atoms with E-state index in [1.165, 1.54) is 56.3 Å². The largest absolute Gasteiger partial charge is 0.497 e. The summed E-state index contributed by atoms with van der Waals surface area (Å²) in [6, 6.07) is 26.0. The number of ether oxygens (including phenoxy) is 2. The second-order valence-corrected chi connectivity index (χ2v) is 9.74. The zero-order chi connectivity index (χ0) is 29.2. The third-order valence-corrected chi connectivity index (χ3v) is 6.89. The van der Waals surface area contributed by atoms with E-state index in [1.54, 1.807) is 66.7 Å². The van der Waals surface area contributed by atoms with Gasteiger partial charge in [-0.1, -0.05) is 24.3 Å². The maximum Gasteiger partial charge on any atom is 0.272 e. The monoisotopic (exact) mass is 570 g/mol. The fourth-order valence-electron chi connectivity index (χ4n) is 3.78. The average Bonchev–Trinajstić information content (AvgIpc) is 3.00. The molecule has 0 heterocycles. The number of thioether (sulfide) groups is 1. The summed E-state index contributed by atoms with van der Waals surface area (Å²) in [4.78, 5) is 39.7. The first-order valence-electron chi connectivity index (χ1n) is 12.5. The number of rotatable bonds is 11. The number of methoxy groups -OCH3 is 2. The van der Waals surface area contributed by atoms with Gasteiger partial charge in [0.1, 0.15) is 23.0 Å². The van der Waals surface area contributed by atoms with Gasteiger partial charge in [0.25, 0.3) is 11.8 Å². The van der Waals surface area contributed by atoms with E-state index in [-0.39, 0.29) is 17.2 Å². The summed E-state index contributed by atoms with van der Waals surface area (Å²) in [5.41, 5.74) is 1.77. The van der Waals surface area contributed by atoms with Gasteiger partial charge in [-0.25, -0.2) is 4.39 Å². The predicted molar refractivity (Wildman–Crippen MR) is 158 cm³/mol. The van der Waals surface area contributed by atoms with Crippen molar-refractivity contribution in [2.24, 2.45) is 0 Å². The SMILES string of the molecule is COc1ccc(OC)c(/C=C(\NC(=O)c2ccccc2)C(=O)Nc2cccc(SCC(=O)c3ccc(F)cc3)c2)c1. The van der Waals surface area contributed by atoms with E-state index in [4.69, 9.17) is 9.47 Å². The summed E-state index contributed by atoms with van der Waals surface area (Å²) in [5.74, 6) is -0.417. The summed E-state index contributed by atoms with van der Waals surface area (Å²) in [6.07, 6.45) is 1.51. The number of amides is 2. The molecule has 0 aliphatic carbocycles. The Labute approximate surface area is 241 Å². The van der Waals surface area contributed by atoms with Crippen LogP contribution in [0.4, 0.5) is 10.1 Å². The molecule has 0 atom stereocenters. The highest BCUT2D eigenvalue weighted by molar-refractivity contribution is 8.00. The lowest BCUT2D eigenvalue weighted by molar-refractivity contribution is -0.113. The first-order chi connectivity index (χ1) is 19.9. The van der Waals surface area contributed by atoms with E-state index < -0.39 is 17.6 Å². The first kappa shape index (κ1) is 29.1. The van der Waals surface area contributed by atoms with Crippen LogP contribution in [-0.4, -0.2) is 37.6 Å². The Morgan fingerprint density at radius 3 is 2.29 bits per heavy atom.